The second-order valence-electron chi connectivity index (χ2n) is 3.40. The summed E-state index contributed by atoms with van der Waals surface area (Å²) >= 11 is 0. The van der Waals surface area contributed by atoms with Crippen molar-refractivity contribution in [1.29, 1.82) is 0 Å². The average Bonchev–Trinajstić information content (AvgIpc) is 2.18. The summed E-state index contributed by atoms with van der Waals surface area (Å²) in [5.41, 5.74) is 6.81. The van der Waals surface area contributed by atoms with Gasteiger partial charge < -0.3 is 10.8 Å². The van der Waals surface area contributed by atoms with Crippen molar-refractivity contribution >= 4 is 24.2 Å². The third-order valence-corrected chi connectivity index (χ3v) is 2.13. The van der Waals surface area contributed by atoms with Gasteiger partial charge in [-0.05, 0) is 18.9 Å². The van der Waals surface area contributed by atoms with Gasteiger partial charge in [-0.3, -0.25) is 9.59 Å². The van der Waals surface area contributed by atoms with Gasteiger partial charge >= 0.3 is 5.97 Å². The van der Waals surface area contributed by atoms with Crippen LogP contribution in [-0.4, -0.2) is 22.9 Å². The van der Waals surface area contributed by atoms with Gasteiger partial charge in [0, 0.05) is 5.56 Å². The molecular formula is C11H14ClNO3. The van der Waals surface area contributed by atoms with E-state index >= 15 is 0 Å². The lowest BCUT2D eigenvalue weighted by molar-refractivity contribution is -0.138. The van der Waals surface area contributed by atoms with Gasteiger partial charge in [0.05, 0.1) is 0 Å². The molecule has 0 saturated carbocycles. The first-order valence-electron chi connectivity index (χ1n) is 4.59. The summed E-state index contributed by atoms with van der Waals surface area (Å²) in [6.45, 7) is 1.48. The highest BCUT2D eigenvalue weighted by atomic mass is 35.5. The molecule has 88 valence electrons. The molecule has 1 atom stereocenters. The molecule has 0 spiro atoms. The van der Waals surface area contributed by atoms with Gasteiger partial charge in [0.1, 0.15) is 6.04 Å². The third-order valence-electron chi connectivity index (χ3n) is 2.13. The van der Waals surface area contributed by atoms with E-state index in [2.05, 4.69) is 0 Å². The minimum Gasteiger partial charge on any atom is -0.480 e. The molecule has 1 aromatic rings. The summed E-state index contributed by atoms with van der Waals surface area (Å²) in [5.74, 6) is -1.03. The Kier molecular flexibility index (Phi) is 5.71. The standard InChI is InChI=1S/C11H13NO3.ClH/c1-7(13)9-4-2-8(3-5-9)6-10(12)11(14)15;/h2-5,10H,6,12H2,1H3,(H,14,15);1H. The molecule has 0 aromatic heterocycles. The monoisotopic (exact) mass is 243 g/mol. The van der Waals surface area contributed by atoms with Crippen LogP contribution in [0.2, 0.25) is 0 Å². The van der Waals surface area contributed by atoms with Gasteiger partial charge in [-0.15, -0.1) is 12.4 Å². The number of ketones is 1. The zero-order valence-corrected chi connectivity index (χ0v) is 9.66. The Balaban J connectivity index is 0.00000225. The summed E-state index contributed by atoms with van der Waals surface area (Å²) in [4.78, 5) is 21.5. The topological polar surface area (TPSA) is 80.4 Å². The number of carbonyl (C=O) groups excluding carboxylic acids is 1. The molecule has 1 aromatic carbocycles. The molecule has 0 saturated heterocycles. The third kappa shape index (κ3) is 4.00. The number of rotatable bonds is 4. The molecule has 5 heteroatoms. The van der Waals surface area contributed by atoms with Gasteiger partial charge in [-0.2, -0.15) is 0 Å². The van der Waals surface area contributed by atoms with Crippen LogP contribution in [0.1, 0.15) is 22.8 Å². The number of aliphatic carboxylic acids is 1. The molecule has 0 aliphatic carbocycles. The van der Waals surface area contributed by atoms with Gasteiger partial charge in [-0.1, -0.05) is 24.3 Å². The molecule has 0 aliphatic heterocycles. The average molecular weight is 244 g/mol. The van der Waals surface area contributed by atoms with Gasteiger partial charge in [0.2, 0.25) is 0 Å². The molecule has 0 bridgehead atoms. The van der Waals surface area contributed by atoms with Crippen LogP contribution < -0.4 is 5.73 Å². The number of Topliss-reactive ketones (excluding diaryl/α,β-unsaturated/α-hetero) is 1. The Hall–Kier alpha value is -1.39. The Morgan fingerprint density at radius 1 is 1.31 bits per heavy atom. The number of hydrogen-bond donors (Lipinski definition) is 2. The Labute approximate surface area is 99.9 Å². The van der Waals surface area contributed by atoms with Crippen LogP contribution in [0, 0.1) is 0 Å². The SMILES string of the molecule is CC(=O)c1ccc(CC(N)C(=O)O)cc1.Cl. The number of benzene rings is 1. The van der Waals surface area contributed by atoms with E-state index in [1.165, 1.54) is 6.92 Å². The smallest absolute Gasteiger partial charge is 0.320 e. The van der Waals surface area contributed by atoms with Crippen LogP contribution in [0.25, 0.3) is 0 Å². The lowest BCUT2D eigenvalue weighted by Gasteiger charge is -2.06. The van der Waals surface area contributed by atoms with Crippen LogP contribution in [0.3, 0.4) is 0 Å². The fourth-order valence-corrected chi connectivity index (χ4v) is 1.22. The number of nitrogens with two attached hydrogens (primary N) is 1. The molecule has 1 unspecified atom stereocenters. The first kappa shape index (κ1) is 14.6. The number of carboxylic acids is 1. The fourth-order valence-electron chi connectivity index (χ4n) is 1.22. The molecule has 0 fully saturated rings. The molecule has 3 N–H and O–H groups in total. The fraction of sp³-hybridized carbons (Fsp3) is 0.273. The Morgan fingerprint density at radius 2 is 1.81 bits per heavy atom. The van der Waals surface area contributed by atoms with Crippen LogP contribution in [0.15, 0.2) is 24.3 Å². The predicted molar refractivity (Wildman–Crippen MR) is 63.0 cm³/mol. The molecule has 4 nitrogen and oxygen atoms in total. The quantitative estimate of drug-likeness (QED) is 0.781. The lowest BCUT2D eigenvalue weighted by Crippen LogP contribution is -2.32. The minimum atomic E-state index is -1.02. The minimum absolute atomic E-state index is 0. The van der Waals surface area contributed by atoms with Gasteiger partial charge in [0.15, 0.2) is 5.78 Å². The maximum Gasteiger partial charge on any atom is 0.320 e. The molecular weight excluding hydrogens is 230 g/mol. The zero-order chi connectivity index (χ0) is 11.4. The summed E-state index contributed by atoms with van der Waals surface area (Å²) in [6.07, 6.45) is 0.271. The van der Waals surface area contributed by atoms with Crippen LogP contribution >= 0.6 is 12.4 Å². The van der Waals surface area contributed by atoms with Crippen molar-refractivity contribution < 1.29 is 14.7 Å². The normalized spacial score (nSPS) is 11.4. The highest BCUT2D eigenvalue weighted by molar-refractivity contribution is 5.94. The molecule has 1 rings (SSSR count). The van der Waals surface area contributed by atoms with Crippen LogP contribution in [0.5, 0.6) is 0 Å². The van der Waals surface area contributed by atoms with Gasteiger partial charge in [0.25, 0.3) is 0 Å². The van der Waals surface area contributed by atoms with E-state index in [1.807, 2.05) is 0 Å². The molecule has 16 heavy (non-hydrogen) atoms. The Morgan fingerprint density at radius 3 is 2.19 bits per heavy atom. The predicted octanol–water partition coefficient (Wildman–Crippen LogP) is 1.27. The second-order valence-corrected chi connectivity index (χ2v) is 3.40. The van der Waals surface area contributed by atoms with E-state index < -0.39 is 12.0 Å². The Bertz CT molecular complexity index is 375. The number of carboxylic acid groups (broad SMARTS) is 1. The van der Waals surface area contributed by atoms with Crippen molar-refractivity contribution in [1.82, 2.24) is 0 Å². The van der Waals surface area contributed by atoms with Crippen molar-refractivity contribution in [2.24, 2.45) is 5.73 Å². The van der Waals surface area contributed by atoms with Crippen molar-refractivity contribution in [3.63, 3.8) is 0 Å². The maximum absolute atomic E-state index is 11.0. The number of hydrogen-bond acceptors (Lipinski definition) is 3. The summed E-state index contributed by atoms with van der Waals surface area (Å²) < 4.78 is 0. The van der Waals surface area contributed by atoms with Crippen molar-refractivity contribution in [3.05, 3.63) is 35.4 Å². The summed E-state index contributed by atoms with van der Waals surface area (Å²) in [7, 11) is 0. The second kappa shape index (κ2) is 6.25. The van der Waals surface area contributed by atoms with E-state index in [0.29, 0.717) is 5.56 Å². The van der Waals surface area contributed by atoms with Crippen LogP contribution in [-0.2, 0) is 11.2 Å². The lowest BCUT2D eigenvalue weighted by atomic mass is 10.0. The van der Waals surface area contributed by atoms with Crippen molar-refractivity contribution in [2.45, 2.75) is 19.4 Å². The first-order valence-corrected chi connectivity index (χ1v) is 4.59. The van der Waals surface area contributed by atoms with E-state index in [-0.39, 0.29) is 24.6 Å². The molecule has 0 radical (unpaired) electrons. The number of halogens is 1. The van der Waals surface area contributed by atoms with Crippen molar-refractivity contribution in [2.75, 3.05) is 0 Å². The zero-order valence-electron chi connectivity index (χ0n) is 8.84. The first-order chi connectivity index (χ1) is 7.00. The van der Waals surface area contributed by atoms with E-state index in [4.69, 9.17) is 10.8 Å². The van der Waals surface area contributed by atoms with Crippen LogP contribution in [0.4, 0.5) is 0 Å². The molecule has 0 amide bonds. The van der Waals surface area contributed by atoms with E-state index in [1.54, 1.807) is 24.3 Å². The van der Waals surface area contributed by atoms with E-state index in [9.17, 15) is 9.59 Å². The van der Waals surface area contributed by atoms with Gasteiger partial charge in [-0.25, -0.2) is 0 Å². The van der Waals surface area contributed by atoms with E-state index in [0.717, 1.165) is 5.56 Å². The molecule has 0 heterocycles. The van der Waals surface area contributed by atoms with Crippen molar-refractivity contribution in [3.8, 4) is 0 Å². The highest BCUT2D eigenvalue weighted by Crippen LogP contribution is 2.07. The summed E-state index contributed by atoms with van der Waals surface area (Å²) in [6, 6.07) is 5.89. The highest BCUT2D eigenvalue weighted by Gasteiger charge is 2.11. The molecule has 0 aliphatic rings. The summed E-state index contributed by atoms with van der Waals surface area (Å²) in [5, 5.41) is 8.61. The maximum atomic E-state index is 11.0. The number of carbonyl (C=O) groups is 2. The largest absolute Gasteiger partial charge is 0.480 e.